The van der Waals surface area contributed by atoms with Gasteiger partial charge in [-0.25, -0.2) is 4.39 Å². The number of fused-ring (bicyclic) bond motifs is 1. The molecule has 1 saturated heterocycles. The van der Waals surface area contributed by atoms with Crippen LogP contribution in [0.5, 0.6) is 11.5 Å². The van der Waals surface area contributed by atoms with Crippen LogP contribution in [0.4, 0.5) is 19.7 Å². The number of hydrogen-bond acceptors (Lipinski definition) is 7. The molecule has 11 heteroatoms. The van der Waals surface area contributed by atoms with Crippen LogP contribution in [-0.2, 0) is 20.6 Å². The van der Waals surface area contributed by atoms with Gasteiger partial charge in [0.15, 0.2) is 0 Å². The van der Waals surface area contributed by atoms with E-state index in [-0.39, 0.29) is 17.8 Å². The predicted molar refractivity (Wildman–Crippen MR) is 123 cm³/mol. The number of nitrogens with one attached hydrogen (secondary N) is 2. The highest BCUT2D eigenvalue weighted by molar-refractivity contribution is 7.86. The lowest BCUT2D eigenvalue weighted by Crippen LogP contribution is -2.54. The van der Waals surface area contributed by atoms with Gasteiger partial charge >= 0.3 is 10.2 Å². The van der Waals surface area contributed by atoms with Gasteiger partial charge in [0, 0.05) is 24.7 Å². The summed E-state index contributed by atoms with van der Waals surface area (Å²) in [4.78, 5) is 14.5. The van der Waals surface area contributed by atoms with Crippen LogP contribution in [0.1, 0.15) is 32.3 Å². The van der Waals surface area contributed by atoms with Crippen molar-refractivity contribution in [2.45, 2.75) is 43.2 Å². The molecule has 0 spiro atoms. The molecule has 2 aromatic rings. The number of nitrogens with zero attached hydrogens (tertiary/aromatic N) is 1. The molecule has 184 valence electrons. The number of rotatable bonds is 7. The van der Waals surface area contributed by atoms with Gasteiger partial charge in [-0.05, 0) is 57.5 Å². The Labute approximate surface area is 197 Å². The number of carbonyl (C=O) groups is 1. The van der Waals surface area contributed by atoms with Gasteiger partial charge in [-0.15, -0.1) is 3.89 Å². The molecule has 8 nitrogen and oxygen atoms in total. The molecule has 0 bridgehead atoms. The third-order valence-corrected chi connectivity index (χ3v) is 7.25. The molecule has 0 aliphatic carbocycles. The first kappa shape index (κ1) is 24.2. The number of halogens is 2. The summed E-state index contributed by atoms with van der Waals surface area (Å²) in [6, 6.07) is 6.54. The Morgan fingerprint density at radius 1 is 1.29 bits per heavy atom. The molecule has 2 aliphatic heterocycles. The van der Waals surface area contributed by atoms with Crippen LogP contribution in [0.15, 0.2) is 35.2 Å². The summed E-state index contributed by atoms with van der Waals surface area (Å²) in [6.45, 7) is 5.23. The van der Waals surface area contributed by atoms with E-state index in [4.69, 9.17) is 9.47 Å². The molecule has 0 aromatic heterocycles. The number of carbonyl (C=O) groups excluding carboxylic acids is 1. The third-order valence-electron chi connectivity index (χ3n) is 6.39. The van der Waals surface area contributed by atoms with Gasteiger partial charge in [0.1, 0.15) is 33.9 Å². The van der Waals surface area contributed by atoms with Crippen molar-refractivity contribution < 1.29 is 31.0 Å². The summed E-state index contributed by atoms with van der Waals surface area (Å²) in [5.41, 5.74) is 0.585. The molecule has 1 amide bonds. The number of benzene rings is 2. The van der Waals surface area contributed by atoms with E-state index in [1.54, 1.807) is 6.92 Å². The van der Waals surface area contributed by atoms with E-state index in [0.29, 0.717) is 48.7 Å². The van der Waals surface area contributed by atoms with Crippen LogP contribution in [0.2, 0.25) is 0 Å². The molecule has 0 radical (unpaired) electrons. The minimum atomic E-state index is -4.94. The quantitative estimate of drug-likeness (QED) is 0.566. The van der Waals surface area contributed by atoms with E-state index in [1.165, 1.54) is 31.4 Å². The third kappa shape index (κ3) is 4.29. The minimum Gasteiger partial charge on any atom is -0.495 e. The lowest BCUT2D eigenvalue weighted by molar-refractivity contribution is -0.128. The Kier molecular flexibility index (Phi) is 6.43. The zero-order valence-electron chi connectivity index (χ0n) is 19.2. The van der Waals surface area contributed by atoms with Crippen molar-refractivity contribution in [2.24, 2.45) is 0 Å². The summed E-state index contributed by atoms with van der Waals surface area (Å²) in [5, 5.41) is 6.00. The van der Waals surface area contributed by atoms with Crippen LogP contribution >= 0.6 is 0 Å². The van der Waals surface area contributed by atoms with Gasteiger partial charge < -0.3 is 20.1 Å². The average Bonchev–Trinajstić information content (AvgIpc) is 3.05. The van der Waals surface area contributed by atoms with Crippen LogP contribution < -0.4 is 20.1 Å². The molecule has 4 rings (SSSR count). The van der Waals surface area contributed by atoms with E-state index in [0.717, 1.165) is 12.5 Å². The standard InChI is InChI=1S/C23H27F2N3O5S/c1-4-26-18-11-14(24)10-17-21(18)27-22(29)23(17,2)28-9-5-6-16(13-28)33-15-7-8-20(34(25,30)31)19(12-15)32-3/h7-8,10-12,16,26H,4-6,9,13H2,1-3H3,(H,27,29)/t16-,23+/m1/s1. The van der Waals surface area contributed by atoms with E-state index in [9.17, 15) is 21.5 Å². The molecule has 2 aliphatic rings. The number of piperidine rings is 1. The average molecular weight is 496 g/mol. The van der Waals surface area contributed by atoms with Crippen molar-refractivity contribution in [2.75, 3.05) is 37.4 Å². The van der Waals surface area contributed by atoms with Gasteiger partial charge in [-0.1, -0.05) is 0 Å². The Bertz CT molecular complexity index is 1220. The maximum atomic E-state index is 14.4. The summed E-state index contributed by atoms with van der Waals surface area (Å²) >= 11 is 0. The molecule has 0 saturated carbocycles. The van der Waals surface area contributed by atoms with Crippen LogP contribution in [0, 0.1) is 5.82 Å². The van der Waals surface area contributed by atoms with Gasteiger partial charge in [0.25, 0.3) is 0 Å². The first-order chi connectivity index (χ1) is 16.1. The topological polar surface area (TPSA) is 97.0 Å². The van der Waals surface area contributed by atoms with Crippen molar-refractivity contribution >= 4 is 27.5 Å². The first-order valence-corrected chi connectivity index (χ1v) is 12.4. The van der Waals surface area contributed by atoms with E-state index < -0.39 is 26.5 Å². The van der Waals surface area contributed by atoms with E-state index >= 15 is 0 Å². The number of anilines is 2. The molecule has 1 fully saturated rings. The summed E-state index contributed by atoms with van der Waals surface area (Å²) < 4.78 is 61.6. The minimum absolute atomic E-state index is 0.157. The van der Waals surface area contributed by atoms with Gasteiger partial charge in [-0.3, -0.25) is 9.69 Å². The highest BCUT2D eigenvalue weighted by atomic mass is 32.3. The fraction of sp³-hybridized carbons (Fsp3) is 0.435. The van der Waals surface area contributed by atoms with E-state index in [1.807, 2.05) is 11.8 Å². The van der Waals surface area contributed by atoms with Crippen LogP contribution in [0.3, 0.4) is 0 Å². The van der Waals surface area contributed by atoms with Crippen LogP contribution in [0.25, 0.3) is 0 Å². The zero-order valence-corrected chi connectivity index (χ0v) is 20.0. The van der Waals surface area contributed by atoms with Gasteiger partial charge in [0.05, 0.1) is 18.5 Å². The molecule has 2 heterocycles. The normalized spacial score (nSPS) is 22.7. The zero-order chi connectivity index (χ0) is 24.7. The molecule has 2 aromatic carbocycles. The smallest absolute Gasteiger partial charge is 0.335 e. The number of methoxy groups -OCH3 is 1. The van der Waals surface area contributed by atoms with Crippen molar-refractivity contribution in [3.05, 3.63) is 41.7 Å². The monoisotopic (exact) mass is 495 g/mol. The predicted octanol–water partition coefficient (Wildman–Crippen LogP) is 3.64. The lowest BCUT2D eigenvalue weighted by atomic mass is 9.88. The first-order valence-electron chi connectivity index (χ1n) is 11.0. The summed E-state index contributed by atoms with van der Waals surface area (Å²) in [7, 11) is -3.69. The lowest BCUT2D eigenvalue weighted by Gasteiger charge is -2.42. The number of likely N-dealkylation sites (tertiary alicyclic amines) is 1. The maximum Gasteiger partial charge on any atom is 0.335 e. The van der Waals surface area contributed by atoms with Crippen molar-refractivity contribution in [1.82, 2.24) is 4.90 Å². The second-order valence-corrected chi connectivity index (χ2v) is 9.83. The Morgan fingerprint density at radius 3 is 2.74 bits per heavy atom. The molecule has 2 atom stereocenters. The fourth-order valence-electron chi connectivity index (χ4n) is 4.68. The molecular formula is C23H27F2N3O5S. The largest absolute Gasteiger partial charge is 0.495 e. The second-order valence-electron chi connectivity index (χ2n) is 8.51. The Morgan fingerprint density at radius 2 is 2.06 bits per heavy atom. The Hall–Kier alpha value is -2.92. The molecule has 2 N–H and O–H groups in total. The van der Waals surface area contributed by atoms with E-state index in [2.05, 4.69) is 10.6 Å². The van der Waals surface area contributed by atoms with Crippen molar-refractivity contribution in [3.63, 3.8) is 0 Å². The number of ether oxygens (including phenoxy) is 2. The summed E-state index contributed by atoms with van der Waals surface area (Å²) in [6.07, 6.45) is 1.09. The number of hydrogen-bond donors (Lipinski definition) is 2. The van der Waals surface area contributed by atoms with Crippen LogP contribution in [-0.4, -0.2) is 52.1 Å². The summed E-state index contributed by atoms with van der Waals surface area (Å²) in [5.74, 6) is -0.516. The highest BCUT2D eigenvalue weighted by Gasteiger charge is 2.49. The molecule has 0 unspecified atom stereocenters. The van der Waals surface area contributed by atoms with Crippen molar-refractivity contribution in [3.8, 4) is 11.5 Å². The Balaban J connectivity index is 1.59. The van der Waals surface area contributed by atoms with Gasteiger partial charge in [-0.2, -0.15) is 8.42 Å². The highest BCUT2D eigenvalue weighted by Crippen LogP contribution is 2.45. The fourth-order valence-corrected chi connectivity index (χ4v) is 5.30. The van der Waals surface area contributed by atoms with Gasteiger partial charge in [0.2, 0.25) is 5.91 Å². The molecule has 34 heavy (non-hydrogen) atoms. The molecular weight excluding hydrogens is 468 g/mol. The SMILES string of the molecule is CCNc1cc(F)cc2c1NC(=O)[C@@]2(C)N1CCC[C@@H](Oc2ccc(S(=O)(=O)F)c(OC)c2)C1. The van der Waals surface area contributed by atoms with Crippen molar-refractivity contribution in [1.29, 1.82) is 0 Å². The number of amides is 1. The maximum absolute atomic E-state index is 14.4. The second kappa shape index (κ2) is 9.03.